The van der Waals surface area contributed by atoms with Crippen molar-refractivity contribution in [2.45, 2.75) is 45.1 Å². The zero-order valence-electron chi connectivity index (χ0n) is 11.2. The van der Waals surface area contributed by atoms with E-state index in [9.17, 15) is 0 Å². The van der Waals surface area contributed by atoms with Gasteiger partial charge in [-0.05, 0) is 36.9 Å². The minimum absolute atomic E-state index is 0.421. The maximum absolute atomic E-state index is 5.28. The van der Waals surface area contributed by atoms with E-state index >= 15 is 0 Å². The van der Waals surface area contributed by atoms with E-state index in [-0.39, 0.29) is 0 Å². The Morgan fingerprint density at radius 3 is 2.24 bits per heavy atom. The summed E-state index contributed by atoms with van der Waals surface area (Å²) in [4.78, 5) is 0. The average Bonchev–Trinajstić information content (AvgIpc) is 2.35. The normalized spacial score (nSPS) is 12.4. The van der Waals surface area contributed by atoms with Crippen LogP contribution in [0.15, 0.2) is 24.3 Å². The Morgan fingerprint density at radius 1 is 1.18 bits per heavy atom. The van der Waals surface area contributed by atoms with Gasteiger partial charge < -0.3 is 5.32 Å². The summed E-state index contributed by atoms with van der Waals surface area (Å²) in [5.41, 5.74) is 2.75. The molecule has 0 amide bonds. The van der Waals surface area contributed by atoms with Crippen molar-refractivity contribution in [3.63, 3.8) is 0 Å². The first-order chi connectivity index (χ1) is 8.19. The quantitative estimate of drug-likeness (QED) is 0.576. The molecule has 0 aliphatic rings. The highest BCUT2D eigenvalue weighted by molar-refractivity contribution is 5.26. The fourth-order valence-electron chi connectivity index (χ4n) is 2.00. The molecule has 1 atom stereocenters. The van der Waals surface area contributed by atoms with Crippen molar-refractivity contribution in [3.05, 3.63) is 35.4 Å². The summed E-state index contributed by atoms with van der Waals surface area (Å²) < 4.78 is 0. The van der Waals surface area contributed by atoms with Gasteiger partial charge in [0, 0.05) is 12.5 Å². The Balaban J connectivity index is 2.65. The van der Waals surface area contributed by atoms with E-state index in [0.29, 0.717) is 12.0 Å². The molecule has 1 nitrogen and oxygen atoms in total. The molecule has 17 heavy (non-hydrogen) atoms. The third-order valence-corrected chi connectivity index (χ3v) is 3.17. The lowest BCUT2D eigenvalue weighted by molar-refractivity contribution is 0.532. The molecule has 1 rings (SSSR count). The second kappa shape index (κ2) is 7.14. The number of hydrogen-bond acceptors (Lipinski definition) is 1. The van der Waals surface area contributed by atoms with Crippen molar-refractivity contribution in [1.82, 2.24) is 5.32 Å². The summed E-state index contributed by atoms with van der Waals surface area (Å²) in [5, 5.41) is 3.36. The van der Waals surface area contributed by atoms with Gasteiger partial charge in [-0.25, -0.2) is 0 Å². The van der Waals surface area contributed by atoms with Crippen LogP contribution in [-0.4, -0.2) is 7.05 Å². The number of rotatable bonds is 6. The lowest BCUT2D eigenvalue weighted by Gasteiger charge is -2.17. The van der Waals surface area contributed by atoms with Gasteiger partial charge in [0.05, 0.1) is 0 Å². The Morgan fingerprint density at radius 2 is 1.76 bits per heavy atom. The molecule has 1 aromatic carbocycles. The van der Waals surface area contributed by atoms with Crippen LogP contribution in [-0.2, 0) is 0 Å². The van der Waals surface area contributed by atoms with Crippen molar-refractivity contribution >= 4 is 0 Å². The van der Waals surface area contributed by atoms with E-state index in [1.54, 1.807) is 0 Å². The van der Waals surface area contributed by atoms with E-state index in [4.69, 9.17) is 6.42 Å². The van der Waals surface area contributed by atoms with Gasteiger partial charge in [-0.1, -0.05) is 38.1 Å². The summed E-state index contributed by atoms with van der Waals surface area (Å²) in [5.74, 6) is 3.29. The van der Waals surface area contributed by atoms with E-state index in [2.05, 4.69) is 49.4 Å². The van der Waals surface area contributed by atoms with Crippen molar-refractivity contribution in [2.75, 3.05) is 7.05 Å². The molecule has 0 bridgehead atoms. The Kier molecular flexibility index (Phi) is 5.80. The smallest absolute Gasteiger partial charge is 0.0317 e. The zero-order chi connectivity index (χ0) is 12.7. The molecular formula is C16H23N. The van der Waals surface area contributed by atoms with Crippen LogP contribution in [0.5, 0.6) is 0 Å². The number of unbranched alkanes of at least 4 members (excludes halogenated alkanes) is 1. The first kappa shape index (κ1) is 13.8. The third kappa shape index (κ3) is 4.24. The summed E-state index contributed by atoms with van der Waals surface area (Å²) >= 11 is 0. The van der Waals surface area contributed by atoms with Gasteiger partial charge in [0.2, 0.25) is 0 Å². The molecule has 1 unspecified atom stereocenters. The molecule has 0 spiro atoms. The van der Waals surface area contributed by atoms with Gasteiger partial charge in [-0.15, -0.1) is 12.3 Å². The average molecular weight is 229 g/mol. The van der Waals surface area contributed by atoms with Crippen LogP contribution < -0.4 is 5.32 Å². The molecule has 0 heterocycles. The van der Waals surface area contributed by atoms with Gasteiger partial charge in [0.1, 0.15) is 0 Å². The van der Waals surface area contributed by atoms with Crippen molar-refractivity contribution in [3.8, 4) is 12.3 Å². The standard InChI is InChI=1S/C16H23N/c1-5-6-7-8-16(17-4)15-11-9-14(10-12-15)13(2)3/h1,9-13,16-17H,6-8H2,2-4H3. The second-order valence-electron chi connectivity index (χ2n) is 4.76. The number of nitrogens with one attached hydrogen (secondary N) is 1. The lowest BCUT2D eigenvalue weighted by Crippen LogP contribution is -2.16. The van der Waals surface area contributed by atoms with Crippen LogP contribution in [0.1, 0.15) is 56.2 Å². The van der Waals surface area contributed by atoms with Crippen molar-refractivity contribution in [1.29, 1.82) is 0 Å². The lowest BCUT2D eigenvalue weighted by atomic mass is 9.97. The maximum atomic E-state index is 5.28. The van der Waals surface area contributed by atoms with Crippen LogP contribution in [0.3, 0.4) is 0 Å². The van der Waals surface area contributed by atoms with Gasteiger partial charge in [-0.3, -0.25) is 0 Å². The highest BCUT2D eigenvalue weighted by atomic mass is 14.9. The van der Waals surface area contributed by atoms with Crippen LogP contribution in [0.4, 0.5) is 0 Å². The molecule has 0 aliphatic heterocycles. The van der Waals surface area contributed by atoms with E-state index in [0.717, 1.165) is 19.3 Å². The van der Waals surface area contributed by atoms with Crippen LogP contribution >= 0.6 is 0 Å². The monoisotopic (exact) mass is 229 g/mol. The summed E-state index contributed by atoms with van der Waals surface area (Å²) in [6.07, 6.45) is 8.32. The third-order valence-electron chi connectivity index (χ3n) is 3.17. The fraction of sp³-hybridized carbons (Fsp3) is 0.500. The van der Waals surface area contributed by atoms with E-state index < -0.39 is 0 Å². The van der Waals surface area contributed by atoms with Crippen LogP contribution in [0.2, 0.25) is 0 Å². The Bertz CT molecular complexity index is 356. The molecular weight excluding hydrogens is 206 g/mol. The molecule has 1 aromatic rings. The molecule has 0 aliphatic carbocycles. The second-order valence-corrected chi connectivity index (χ2v) is 4.76. The SMILES string of the molecule is C#CCCCC(NC)c1ccc(C(C)C)cc1. The molecule has 1 heteroatoms. The summed E-state index contributed by atoms with van der Waals surface area (Å²) in [7, 11) is 2.01. The van der Waals surface area contributed by atoms with Gasteiger partial charge in [-0.2, -0.15) is 0 Å². The first-order valence-electron chi connectivity index (χ1n) is 6.39. The number of benzene rings is 1. The fourth-order valence-corrected chi connectivity index (χ4v) is 2.00. The minimum atomic E-state index is 0.421. The minimum Gasteiger partial charge on any atom is -0.313 e. The number of hydrogen-bond donors (Lipinski definition) is 1. The molecule has 0 aromatic heterocycles. The first-order valence-corrected chi connectivity index (χ1v) is 6.39. The van der Waals surface area contributed by atoms with Gasteiger partial charge in [0.15, 0.2) is 0 Å². The van der Waals surface area contributed by atoms with Crippen LogP contribution in [0.25, 0.3) is 0 Å². The zero-order valence-corrected chi connectivity index (χ0v) is 11.2. The van der Waals surface area contributed by atoms with Crippen LogP contribution in [0, 0.1) is 12.3 Å². The highest BCUT2D eigenvalue weighted by Gasteiger charge is 2.08. The molecule has 0 fully saturated rings. The Hall–Kier alpha value is -1.26. The van der Waals surface area contributed by atoms with Crippen molar-refractivity contribution in [2.24, 2.45) is 0 Å². The summed E-state index contributed by atoms with van der Waals surface area (Å²) in [6.45, 7) is 4.44. The molecule has 92 valence electrons. The molecule has 0 radical (unpaired) electrons. The van der Waals surface area contributed by atoms with Gasteiger partial charge >= 0.3 is 0 Å². The molecule has 1 N–H and O–H groups in total. The van der Waals surface area contributed by atoms with E-state index in [1.165, 1.54) is 11.1 Å². The largest absolute Gasteiger partial charge is 0.313 e. The molecule has 0 saturated heterocycles. The topological polar surface area (TPSA) is 12.0 Å². The van der Waals surface area contributed by atoms with Gasteiger partial charge in [0.25, 0.3) is 0 Å². The predicted octanol–water partition coefficient (Wildman–Crippen LogP) is 3.87. The van der Waals surface area contributed by atoms with E-state index in [1.807, 2.05) is 7.05 Å². The Labute approximate surface area is 106 Å². The maximum Gasteiger partial charge on any atom is 0.0317 e. The highest BCUT2D eigenvalue weighted by Crippen LogP contribution is 2.21. The molecule has 0 saturated carbocycles. The van der Waals surface area contributed by atoms with Crippen molar-refractivity contribution < 1.29 is 0 Å². The predicted molar refractivity (Wildman–Crippen MR) is 75.0 cm³/mol. The number of terminal acetylenes is 1. The summed E-state index contributed by atoms with van der Waals surface area (Å²) in [6, 6.07) is 9.33.